The number of benzene rings is 2. The topological polar surface area (TPSA) is 79.4 Å². The maximum absolute atomic E-state index is 13.3. The lowest BCUT2D eigenvalue weighted by Crippen LogP contribution is -2.26. The molecule has 1 N–H and O–H groups in total. The van der Waals surface area contributed by atoms with Gasteiger partial charge < -0.3 is 5.32 Å². The third-order valence-corrected chi connectivity index (χ3v) is 5.87. The normalized spacial score (nSPS) is 11.4. The molecule has 1 aromatic heterocycles. The van der Waals surface area contributed by atoms with Crippen molar-refractivity contribution in [2.24, 2.45) is 0 Å². The fraction of sp³-hybridized carbons (Fsp3) is 0.182. The Kier molecular flexibility index (Phi) is 6.62. The second-order valence-corrected chi connectivity index (χ2v) is 9.50. The third kappa shape index (κ3) is 5.39. The summed E-state index contributed by atoms with van der Waals surface area (Å²) in [5, 5.41) is 2.48. The minimum Gasteiger partial charge on any atom is -0.322 e. The standard InChI is InChI=1S/C22H21ClFN3O3S/c1-14(2)15-4-7-18(8-5-15)27(31(3,29)30)21-12-16(10-11-25-21)22(28)26-17-6-9-20(24)19(23)13-17/h4-14H,1-3H3,(H,26,28). The first kappa shape index (κ1) is 22.7. The summed E-state index contributed by atoms with van der Waals surface area (Å²) in [7, 11) is -3.74. The summed E-state index contributed by atoms with van der Waals surface area (Å²) >= 11 is 5.75. The lowest BCUT2D eigenvalue weighted by molar-refractivity contribution is 0.102. The molecule has 0 bridgehead atoms. The van der Waals surface area contributed by atoms with E-state index in [0.717, 1.165) is 22.2 Å². The van der Waals surface area contributed by atoms with Crippen LogP contribution in [-0.2, 0) is 10.0 Å². The van der Waals surface area contributed by atoms with Gasteiger partial charge in [0.05, 0.1) is 17.0 Å². The van der Waals surface area contributed by atoms with Crippen LogP contribution in [0, 0.1) is 5.82 Å². The summed E-state index contributed by atoms with van der Waals surface area (Å²) in [5.41, 5.74) is 1.95. The van der Waals surface area contributed by atoms with Gasteiger partial charge in [-0.2, -0.15) is 0 Å². The summed E-state index contributed by atoms with van der Waals surface area (Å²) in [6.45, 7) is 4.09. The molecular weight excluding hydrogens is 441 g/mol. The molecule has 162 valence electrons. The van der Waals surface area contributed by atoms with Crippen molar-refractivity contribution in [2.45, 2.75) is 19.8 Å². The highest BCUT2D eigenvalue weighted by Gasteiger charge is 2.22. The van der Waals surface area contributed by atoms with Crippen molar-refractivity contribution in [1.29, 1.82) is 0 Å². The van der Waals surface area contributed by atoms with Gasteiger partial charge in [-0.25, -0.2) is 22.1 Å². The number of pyridine rings is 1. The van der Waals surface area contributed by atoms with Crippen molar-refractivity contribution in [2.75, 3.05) is 15.9 Å². The molecule has 31 heavy (non-hydrogen) atoms. The van der Waals surface area contributed by atoms with Gasteiger partial charge in [-0.15, -0.1) is 0 Å². The number of anilines is 3. The lowest BCUT2D eigenvalue weighted by atomic mass is 10.0. The summed E-state index contributed by atoms with van der Waals surface area (Å²) in [6.07, 6.45) is 2.42. The van der Waals surface area contributed by atoms with Crippen LogP contribution in [0.5, 0.6) is 0 Å². The van der Waals surface area contributed by atoms with Gasteiger partial charge in [-0.3, -0.25) is 4.79 Å². The molecule has 6 nitrogen and oxygen atoms in total. The van der Waals surface area contributed by atoms with Gasteiger partial charge in [0.15, 0.2) is 0 Å². The van der Waals surface area contributed by atoms with Crippen LogP contribution >= 0.6 is 11.6 Å². The molecule has 2 aromatic carbocycles. The largest absolute Gasteiger partial charge is 0.322 e. The van der Waals surface area contributed by atoms with E-state index in [4.69, 9.17) is 11.6 Å². The maximum Gasteiger partial charge on any atom is 0.255 e. The number of sulfonamides is 1. The highest BCUT2D eigenvalue weighted by molar-refractivity contribution is 7.92. The number of halogens is 2. The van der Waals surface area contributed by atoms with Crippen LogP contribution < -0.4 is 9.62 Å². The summed E-state index contributed by atoms with van der Waals surface area (Å²) in [6, 6.07) is 13.7. The van der Waals surface area contributed by atoms with Gasteiger partial charge in [-0.1, -0.05) is 37.6 Å². The molecule has 1 heterocycles. The number of carbonyl (C=O) groups excluding carboxylic acids is 1. The first-order chi connectivity index (χ1) is 14.6. The van der Waals surface area contributed by atoms with Crippen LogP contribution in [0.1, 0.15) is 35.7 Å². The Labute approximate surface area is 185 Å². The van der Waals surface area contributed by atoms with Crippen LogP contribution in [0.4, 0.5) is 21.6 Å². The maximum atomic E-state index is 13.3. The van der Waals surface area contributed by atoms with Crippen molar-refractivity contribution < 1.29 is 17.6 Å². The molecule has 0 unspecified atom stereocenters. The van der Waals surface area contributed by atoms with Gasteiger partial charge in [0.1, 0.15) is 11.6 Å². The molecule has 0 aliphatic heterocycles. The Morgan fingerprint density at radius 1 is 1.10 bits per heavy atom. The van der Waals surface area contributed by atoms with E-state index >= 15 is 0 Å². The van der Waals surface area contributed by atoms with Crippen molar-refractivity contribution >= 4 is 44.7 Å². The van der Waals surface area contributed by atoms with Crippen molar-refractivity contribution in [3.63, 3.8) is 0 Å². The van der Waals surface area contributed by atoms with Crippen LogP contribution in [0.3, 0.4) is 0 Å². The minimum atomic E-state index is -3.74. The highest BCUT2D eigenvalue weighted by atomic mass is 35.5. The molecular formula is C22H21ClFN3O3S. The van der Waals surface area contributed by atoms with Crippen LogP contribution in [0.25, 0.3) is 0 Å². The molecule has 0 atom stereocenters. The number of rotatable bonds is 6. The Morgan fingerprint density at radius 2 is 1.77 bits per heavy atom. The number of hydrogen-bond acceptors (Lipinski definition) is 4. The molecule has 0 aliphatic carbocycles. The molecule has 0 radical (unpaired) electrons. The molecule has 0 saturated carbocycles. The van der Waals surface area contributed by atoms with Gasteiger partial charge >= 0.3 is 0 Å². The molecule has 0 aliphatic rings. The van der Waals surface area contributed by atoms with E-state index < -0.39 is 21.7 Å². The summed E-state index contributed by atoms with van der Waals surface area (Å²) < 4.78 is 39.5. The minimum absolute atomic E-state index is 0.0737. The second kappa shape index (κ2) is 9.03. The Bertz CT molecular complexity index is 1210. The zero-order valence-corrected chi connectivity index (χ0v) is 18.7. The van der Waals surface area contributed by atoms with E-state index in [9.17, 15) is 17.6 Å². The van der Waals surface area contributed by atoms with Crippen LogP contribution in [0.2, 0.25) is 5.02 Å². The highest BCUT2D eigenvalue weighted by Crippen LogP contribution is 2.29. The average molecular weight is 462 g/mol. The van der Waals surface area contributed by atoms with E-state index in [2.05, 4.69) is 10.3 Å². The number of nitrogens with one attached hydrogen (secondary N) is 1. The van der Waals surface area contributed by atoms with Gasteiger partial charge in [-0.05, 0) is 53.9 Å². The fourth-order valence-electron chi connectivity index (χ4n) is 2.94. The second-order valence-electron chi connectivity index (χ2n) is 7.26. The van der Waals surface area contributed by atoms with Crippen molar-refractivity contribution in [1.82, 2.24) is 4.98 Å². The molecule has 3 aromatic rings. The fourth-order valence-corrected chi connectivity index (χ4v) is 4.06. The molecule has 0 fully saturated rings. The third-order valence-electron chi connectivity index (χ3n) is 4.52. The summed E-state index contributed by atoms with van der Waals surface area (Å²) in [4.78, 5) is 16.8. The smallest absolute Gasteiger partial charge is 0.255 e. The first-order valence-corrected chi connectivity index (χ1v) is 11.6. The quantitative estimate of drug-likeness (QED) is 0.536. The van der Waals surface area contributed by atoms with Crippen molar-refractivity contribution in [3.05, 3.63) is 82.8 Å². The molecule has 9 heteroatoms. The predicted molar refractivity (Wildman–Crippen MR) is 121 cm³/mol. The van der Waals surface area contributed by atoms with Gasteiger partial charge in [0.25, 0.3) is 5.91 Å². The number of nitrogens with zero attached hydrogens (tertiary/aromatic N) is 2. The number of amides is 1. The van der Waals surface area contributed by atoms with E-state index in [1.807, 2.05) is 26.0 Å². The van der Waals surface area contributed by atoms with Crippen molar-refractivity contribution in [3.8, 4) is 0 Å². The van der Waals surface area contributed by atoms with Gasteiger partial charge in [0, 0.05) is 17.4 Å². The van der Waals surface area contributed by atoms with Crippen LogP contribution in [0.15, 0.2) is 60.8 Å². The first-order valence-electron chi connectivity index (χ1n) is 9.39. The van der Waals surface area contributed by atoms with Gasteiger partial charge in [0.2, 0.25) is 10.0 Å². The Balaban J connectivity index is 1.94. The van der Waals surface area contributed by atoms with E-state index in [0.29, 0.717) is 17.3 Å². The number of hydrogen-bond donors (Lipinski definition) is 1. The SMILES string of the molecule is CC(C)c1ccc(N(c2cc(C(=O)Nc3ccc(F)c(Cl)c3)ccn2)S(C)(=O)=O)cc1. The molecule has 0 saturated heterocycles. The number of carbonyl (C=O) groups is 1. The lowest BCUT2D eigenvalue weighted by Gasteiger charge is -2.22. The van der Waals surface area contributed by atoms with Crippen LogP contribution in [-0.4, -0.2) is 25.6 Å². The Hall–Kier alpha value is -2.97. The van der Waals surface area contributed by atoms with E-state index in [-0.39, 0.29) is 16.4 Å². The van der Waals surface area contributed by atoms with E-state index in [1.54, 1.807) is 12.1 Å². The van der Waals surface area contributed by atoms with E-state index in [1.165, 1.54) is 30.5 Å². The average Bonchev–Trinajstić information content (AvgIpc) is 2.70. The molecule has 0 spiro atoms. The number of aromatic nitrogens is 1. The predicted octanol–water partition coefficient (Wildman–Crippen LogP) is 5.35. The summed E-state index contributed by atoms with van der Waals surface area (Å²) in [5.74, 6) is -0.747. The monoisotopic (exact) mass is 461 g/mol. The zero-order valence-electron chi connectivity index (χ0n) is 17.1. The zero-order chi connectivity index (χ0) is 22.8. The Morgan fingerprint density at radius 3 is 2.35 bits per heavy atom. The molecule has 1 amide bonds. The molecule has 3 rings (SSSR count).